The molecule has 11 heteroatoms. The standard InChI is InChI=1S/C26H28N4O4S3/c1-4-14-29(15-5-2)37(32,33)22-11-8-19(9-12-22)25(31)30(27-18-21-7-6-16-35-21)26-28-23-13-10-20(34-3)17-24(23)36-26/h6-13,16-18H,4-5,14-15H2,1-3H3/b27-18+. The molecule has 37 heavy (non-hydrogen) atoms. The molecule has 1 amide bonds. The van der Waals surface area contributed by atoms with Gasteiger partial charge in [0.1, 0.15) is 5.75 Å². The van der Waals surface area contributed by atoms with Crippen LogP contribution in [0.2, 0.25) is 0 Å². The van der Waals surface area contributed by atoms with Gasteiger partial charge < -0.3 is 4.74 Å². The lowest BCUT2D eigenvalue weighted by Gasteiger charge is -2.21. The van der Waals surface area contributed by atoms with Crippen LogP contribution in [-0.4, -0.2) is 50.0 Å². The summed E-state index contributed by atoms with van der Waals surface area (Å²) in [6.45, 7) is 4.79. The number of methoxy groups -OCH3 is 1. The molecule has 0 aliphatic heterocycles. The van der Waals surface area contributed by atoms with Crippen LogP contribution in [0.15, 0.2) is 70.0 Å². The highest BCUT2D eigenvalue weighted by Crippen LogP contribution is 2.32. The molecule has 2 heterocycles. The number of hydrazone groups is 1. The van der Waals surface area contributed by atoms with Gasteiger partial charge in [0.05, 0.1) is 28.4 Å². The highest BCUT2D eigenvalue weighted by atomic mass is 32.2. The van der Waals surface area contributed by atoms with E-state index in [-0.39, 0.29) is 4.90 Å². The van der Waals surface area contributed by atoms with Crippen molar-refractivity contribution in [1.82, 2.24) is 9.29 Å². The van der Waals surface area contributed by atoms with Crippen LogP contribution in [0.5, 0.6) is 5.75 Å². The molecule has 0 unspecified atom stereocenters. The average Bonchev–Trinajstić information content (AvgIpc) is 3.58. The summed E-state index contributed by atoms with van der Waals surface area (Å²) in [5, 5.41) is 8.03. The van der Waals surface area contributed by atoms with E-state index < -0.39 is 15.9 Å². The Morgan fingerprint density at radius 3 is 2.43 bits per heavy atom. The highest BCUT2D eigenvalue weighted by molar-refractivity contribution is 7.89. The predicted octanol–water partition coefficient (Wildman–Crippen LogP) is 5.86. The van der Waals surface area contributed by atoms with Gasteiger partial charge in [0, 0.05) is 23.5 Å². The van der Waals surface area contributed by atoms with E-state index in [4.69, 9.17) is 4.74 Å². The number of carbonyl (C=O) groups excluding carboxylic acids is 1. The number of anilines is 1. The lowest BCUT2D eigenvalue weighted by Crippen LogP contribution is -2.32. The number of hydrogen-bond donors (Lipinski definition) is 0. The number of rotatable bonds is 11. The summed E-state index contributed by atoms with van der Waals surface area (Å²) >= 11 is 2.82. The van der Waals surface area contributed by atoms with Gasteiger partial charge in [0.25, 0.3) is 5.91 Å². The summed E-state index contributed by atoms with van der Waals surface area (Å²) in [4.78, 5) is 19.3. The summed E-state index contributed by atoms with van der Waals surface area (Å²) in [7, 11) is -2.05. The first-order chi connectivity index (χ1) is 17.9. The third-order valence-electron chi connectivity index (χ3n) is 5.49. The largest absolute Gasteiger partial charge is 0.497 e. The van der Waals surface area contributed by atoms with Crippen LogP contribution in [0.25, 0.3) is 10.2 Å². The lowest BCUT2D eigenvalue weighted by atomic mass is 10.2. The number of sulfonamides is 1. The Bertz CT molecular complexity index is 1470. The van der Waals surface area contributed by atoms with Crippen molar-refractivity contribution < 1.29 is 17.9 Å². The Morgan fingerprint density at radius 1 is 1.08 bits per heavy atom. The van der Waals surface area contributed by atoms with E-state index in [0.29, 0.717) is 29.5 Å². The lowest BCUT2D eigenvalue weighted by molar-refractivity contribution is 0.0987. The van der Waals surface area contributed by atoms with E-state index in [1.807, 2.05) is 49.6 Å². The third-order valence-corrected chi connectivity index (χ3v) is 9.20. The van der Waals surface area contributed by atoms with Crippen LogP contribution in [0, 0.1) is 0 Å². The molecule has 0 radical (unpaired) electrons. The number of benzene rings is 2. The highest BCUT2D eigenvalue weighted by Gasteiger charge is 2.25. The summed E-state index contributed by atoms with van der Waals surface area (Å²) in [5.74, 6) is 0.279. The monoisotopic (exact) mass is 556 g/mol. The molecule has 0 spiro atoms. The van der Waals surface area contributed by atoms with Crippen molar-refractivity contribution in [3.63, 3.8) is 0 Å². The van der Waals surface area contributed by atoms with Crippen molar-refractivity contribution in [2.45, 2.75) is 31.6 Å². The quantitative estimate of drug-likeness (QED) is 0.170. The Labute approximate surface area is 224 Å². The van der Waals surface area contributed by atoms with E-state index in [0.717, 1.165) is 27.9 Å². The number of thiophene rings is 1. The Hall–Kier alpha value is -3.12. The van der Waals surface area contributed by atoms with Gasteiger partial charge in [0.15, 0.2) is 0 Å². The average molecular weight is 557 g/mol. The van der Waals surface area contributed by atoms with Crippen molar-refractivity contribution in [1.29, 1.82) is 0 Å². The van der Waals surface area contributed by atoms with Gasteiger partial charge in [-0.3, -0.25) is 4.79 Å². The van der Waals surface area contributed by atoms with Gasteiger partial charge in [0.2, 0.25) is 15.2 Å². The number of thiazole rings is 1. The first-order valence-electron chi connectivity index (χ1n) is 11.8. The molecule has 0 aliphatic rings. The summed E-state index contributed by atoms with van der Waals surface area (Å²) in [5.41, 5.74) is 1.02. The van der Waals surface area contributed by atoms with Crippen LogP contribution in [0.3, 0.4) is 0 Å². The maximum Gasteiger partial charge on any atom is 0.280 e. The van der Waals surface area contributed by atoms with Gasteiger partial charge in [-0.05, 0) is 66.8 Å². The number of hydrogen-bond acceptors (Lipinski definition) is 8. The number of amides is 1. The number of aromatic nitrogens is 1. The Kier molecular flexibility index (Phi) is 8.70. The summed E-state index contributed by atoms with van der Waals surface area (Å²) in [6.07, 6.45) is 3.06. The minimum absolute atomic E-state index is 0.159. The number of ether oxygens (including phenoxy) is 1. The molecule has 4 aromatic rings. The molecule has 0 aliphatic carbocycles. The molecule has 0 saturated carbocycles. The van der Waals surface area contributed by atoms with Crippen LogP contribution >= 0.6 is 22.7 Å². The molecule has 8 nitrogen and oxygen atoms in total. The first-order valence-corrected chi connectivity index (χ1v) is 15.0. The fourth-order valence-electron chi connectivity index (χ4n) is 3.67. The number of carbonyl (C=O) groups is 1. The second kappa shape index (κ2) is 12.0. The van der Waals surface area contributed by atoms with E-state index in [2.05, 4.69) is 10.1 Å². The normalized spacial score (nSPS) is 12.0. The fourth-order valence-corrected chi connectivity index (χ4v) is 6.82. The molecule has 0 N–H and O–H groups in total. The van der Waals surface area contributed by atoms with Crippen molar-refractivity contribution in [2.75, 3.05) is 25.2 Å². The van der Waals surface area contributed by atoms with Crippen LogP contribution in [0.1, 0.15) is 41.9 Å². The van der Waals surface area contributed by atoms with Crippen LogP contribution < -0.4 is 9.75 Å². The topological polar surface area (TPSA) is 92.2 Å². The molecular weight excluding hydrogens is 529 g/mol. The Morgan fingerprint density at radius 2 is 1.81 bits per heavy atom. The smallest absolute Gasteiger partial charge is 0.280 e. The van der Waals surface area contributed by atoms with Crippen molar-refractivity contribution in [3.8, 4) is 5.75 Å². The molecule has 0 atom stereocenters. The van der Waals surface area contributed by atoms with Gasteiger partial charge in [-0.15, -0.1) is 11.3 Å². The molecule has 194 valence electrons. The van der Waals surface area contributed by atoms with Crippen molar-refractivity contribution in [3.05, 3.63) is 70.4 Å². The molecule has 0 fully saturated rings. The number of fused-ring (bicyclic) bond motifs is 1. The van der Waals surface area contributed by atoms with Gasteiger partial charge >= 0.3 is 0 Å². The molecule has 0 saturated heterocycles. The molecular formula is C26H28N4O4S3. The minimum Gasteiger partial charge on any atom is -0.497 e. The minimum atomic E-state index is -3.65. The SMILES string of the molecule is CCCN(CCC)S(=O)(=O)c1ccc(C(=O)N(/N=C/c2cccs2)c2nc3ccc(OC)cc3s2)cc1. The van der Waals surface area contributed by atoms with Gasteiger partial charge in [-0.2, -0.15) is 14.4 Å². The van der Waals surface area contributed by atoms with Crippen molar-refractivity contribution in [2.24, 2.45) is 5.10 Å². The fraction of sp³-hybridized carbons (Fsp3) is 0.269. The van der Waals surface area contributed by atoms with Crippen LogP contribution in [-0.2, 0) is 10.0 Å². The zero-order valence-electron chi connectivity index (χ0n) is 20.8. The molecule has 4 rings (SSSR count). The molecule has 2 aromatic carbocycles. The summed E-state index contributed by atoms with van der Waals surface area (Å²) < 4.78 is 33.9. The zero-order chi connectivity index (χ0) is 26.4. The predicted molar refractivity (Wildman–Crippen MR) is 151 cm³/mol. The van der Waals surface area contributed by atoms with E-state index >= 15 is 0 Å². The van der Waals surface area contributed by atoms with E-state index in [9.17, 15) is 13.2 Å². The second-order valence-corrected chi connectivity index (χ2v) is 12.1. The maximum atomic E-state index is 13.6. The van der Waals surface area contributed by atoms with Crippen molar-refractivity contribution >= 4 is 60.2 Å². The zero-order valence-corrected chi connectivity index (χ0v) is 23.3. The van der Waals surface area contributed by atoms with Crippen LogP contribution in [0.4, 0.5) is 5.13 Å². The van der Waals surface area contributed by atoms with E-state index in [1.165, 1.54) is 56.3 Å². The molecule has 0 bridgehead atoms. The van der Waals surface area contributed by atoms with E-state index in [1.54, 1.807) is 13.3 Å². The maximum absolute atomic E-state index is 13.6. The van der Waals surface area contributed by atoms with Gasteiger partial charge in [-0.1, -0.05) is 31.3 Å². The first kappa shape index (κ1) is 26.9. The molecule has 2 aromatic heterocycles. The second-order valence-electron chi connectivity index (χ2n) is 8.14. The third kappa shape index (κ3) is 6.07. The summed E-state index contributed by atoms with van der Waals surface area (Å²) in [6, 6.07) is 15.3. The number of nitrogens with zero attached hydrogens (tertiary/aromatic N) is 4. The Balaban J connectivity index is 1.68. The van der Waals surface area contributed by atoms with Gasteiger partial charge in [-0.25, -0.2) is 13.4 Å².